The minimum Gasteiger partial charge on any atom is -0.457 e. The number of hydrazine groups is 1. The van der Waals surface area contributed by atoms with Gasteiger partial charge < -0.3 is 15.8 Å². The summed E-state index contributed by atoms with van der Waals surface area (Å²) in [7, 11) is 0. The van der Waals surface area contributed by atoms with Crippen LogP contribution in [-0.2, 0) is 4.79 Å². The van der Waals surface area contributed by atoms with Crippen molar-refractivity contribution in [2.45, 2.75) is 0 Å². The Balaban J connectivity index is 1.97. The van der Waals surface area contributed by atoms with Crippen molar-refractivity contribution >= 4 is 23.8 Å². The molecule has 2 rings (SSSR count). The van der Waals surface area contributed by atoms with E-state index in [1.54, 1.807) is 48.5 Å². The number of hydrogen-bond donors (Lipinski definition) is 4. The Labute approximate surface area is 121 Å². The maximum atomic E-state index is 10.7. The van der Waals surface area contributed by atoms with Crippen molar-refractivity contribution in [1.29, 1.82) is 0 Å². The van der Waals surface area contributed by atoms with Crippen molar-refractivity contribution < 1.29 is 14.3 Å². The van der Waals surface area contributed by atoms with Gasteiger partial charge in [0.2, 0.25) is 6.41 Å². The fraction of sp³-hybridized carbons (Fsp3) is 0. The van der Waals surface area contributed by atoms with Crippen LogP contribution in [0.3, 0.4) is 0 Å². The molecule has 0 aliphatic heterocycles. The average Bonchev–Trinajstić information content (AvgIpc) is 2.48. The second-order valence-electron chi connectivity index (χ2n) is 4.03. The van der Waals surface area contributed by atoms with E-state index >= 15 is 0 Å². The molecule has 0 spiro atoms. The fourth-order valence-electron chi connectivity index (χ4n) is 1.60. The molecular weight excluding hydrogens is 272 g/mol. The number of nitrogens with one attached hydrogen (secondary N) is 3. The summed E-state index contributed by atoms with van der Waals surface area (Å²) < 4.78 is 5.64. The van der Waals surface area contributed by atoms with E-state index in [0.29, 0.717) is 23.6 Å². The van der Waals surface area contributed by atoms with Gasteiger partial charge in [0.25, 0.3) is 0 Å². The molecule has 0 aliphatic rings. The molecule has 2 aromatic carbocycles. The second kappa shape index (κ2) is 6.80. The normalized spacial score (nSPS) is 9.52. The quantitative estimate of drug-likeness (QED) is 0.481. The molecule has 3 amide bonds. The number of urea groups is 1. The van der Waals surface area contributed by atoms with Crippen molar-refractivity contribution in [3.63, 3.8) is 0 Å². The van der Waals surface area contributed by atoms with Crippen molar-refractivity contribution in [2.75, 3.05) is 10.7 Å². The molecule has 7 nitrogen and oxygen atoms in total. The number of amides is 3. The lowest BCUT2D eigenvalue weighted by Gasteiger charge is -2.08. The van der Waals surface area contributed by atoms with Crippen molar-refractivity contribution in [2.24, 2.45) is 5.73 Å². The van der Waals surface area contributed by atoms with Gasteiger partial charge in [0.05, 0.1) is 5.69 Å². The largest absolute Gasteiger partial charge is 0.457 e. The highest BCUT2D eigenvalue weighted by Gasteiger charge is 2.00. The molecule has 0 heterocycles. The van der Waals surface area contributed by atoms with Crippen molar-refractivity contribution in [3.8, 4) is 11.5 Å². The summed E-state index contributed by atoms with van der Waals surface area (Å²) in [5.74, 6) is 1.26. The Morgan fingerprint density at radius 1 is 0.952 bits per heavy atom. The molecule has 0 saturated carbocycles. The zero-order valence-electron chi connectivity index (χ0n) is 11.0. The van der Waals surface area contributed by atoms with Gasteiger partial charge in [-0.2, -0.15) is 0 Å². The van der Waals surface area contributed by atoms with Gasteiger partial charge >= 0.3 is 6.03 Å². The van der Waals surface area contributed by atoms with Gasteiger partial charge in [-0.25, -0.2) is 4.79 Å². The molecule has 0 radical (unpaired) electrons. The summed E-state index contributed by atoms with van der Waals surface area (Å²) in [5.41, 5.74) is 11.4. The summed E-state index contributed by atoms with van der Waals surface area (Å²) in [4.78, 5) is 20.8. The molecule has 0 aliphatic carbocycles. The van der Waals surface area contributed by atoms with E-state index in [1.807, 2.05) is 0 Å². The fourth-order valence-corrected chi connectivity index (χ4v) is 1.60. The van der Waals surface area contributed by atoms with Crippen molar-refractivity contribution in [3.05, 3.63) is 48.5 Å². The Kier molecular flexibility index (Phi) is 4.60. The van der Waals surface area contributed by atoms with Gasteiger partial charge in [0.1, 0.15) is 11.5 Å². The van der Waals surface area contributed by atoms with Gasteiger partial charge in [-0.15, -0.1) is 0 Å². The highest BCUT2D eigenvalue weighted by molar-refractivity contribution is 5.87. The third kappa shape index (κ3) is 4.43. The first-order valence-corrected chi connectivity index (χ1v) is 6.07. The summed E-state index contributed by atoms with van der Waals surface area (Å²) in [5, 5.41) is 2.46. The molecule has 21 heavy (non-hydrogen) atoms. The molecule has 7 heteroatoms. The molecule has 5 N–H and O–H groups in total. The molecule has 0 saturated heterocycles. The van der Waals surface area contributed by atoms with Crippen LogP contribution in [0, 0.1) is 0 Å². The highest BCUT2D eigenvalue weighted by Crippen LogP contribution is 2.24. The zero-order valence-corrected chi connectivity index (χ0v) is 11.0. The molecule has 0 bridgehead atoms. The van der Waals surface area contributed by atoms with E-state index in [4.69, 9.17) is 10.5 Å². The van der Waals surface area contributed by atoms with Crippen LogP contribution >= 0.6 is 0 Å². The molecule has 2 aromatic rings. The molecule has 108 valence electrons. The Morgan fingerprint density at radius 2 is 1.48 bits per heavy atom. The molecular formula is C14H14N4O3. The summed E-state index contributed by atoms with van der Waals surface area (Å²) in [6.07, 6.45) is 0.548. The van der Waals surface area contributed by atoms with E-state index in [2.05, 4.69) is 16.2 Å². The standard InChI is InChI=1S/C14H14N4O3/c15-14(20)17-10-1-5-12(6-2-10)21-13-7-3-11(4-8-13)18-16-9-19/h1-9,18H,(H,16,19)(H3,15,17,20). The maximum Gasteiger partial charge on any atom is 0.316 e. The van der Waals surface area contributed by atoms with Crippen LogP contribution in [0.15, 0.2) is 48.5 Å². The number of anilines is 2. The number of benzene rings is 2. The zero-order chi connectivity index (χ0) is 15.1. The summed E-state index contributed by atoms with van der Waals surface area (Å²) >= 11 is 0. The van der Waals surface area contributed by atoms with Crippen LogP contribution in [-0.4, -0.2) is 12.4 Å². The number of hydrogen-bond acceptors (Lipinski definition) is 4. The maximum absolute atomic E-state index is 10.7. The number of carbonyl (C=O) groups excluding carboxylic acids is 2. The van der Waals surface area contributed by atoms with Gasteiger partial charge in [-0.1, -0.05) is 0 Å². The number of ether oxygens (including phenoxy) is 1. The lowest BCUT2D eigenvalue weighted by molar-refractivity contribution is -0.109. The van der Waals surface area contributed by atoms with Gasteiger partial charge in [0.15, 0.2) is 0 Å². The molecule has 0 unspecified atom stereocenters. The van der Waals surface area contributed by atoms with Crippen LogP contribution in [0.25, 0.3) is 0 Å². The van der Waals surface area contributed by atoms with E-state index in [1.165, 1.54) is 0 Å². The first-order chi connectivity index (χ1) is 10.2. The predicted octanol–water partition coefficient (Wildman–Crippen LogP) is 2.04. The molecule has 0 aromatic heterocycles. The van der Waals surface area contributed by atoms with E-state index in [0.717, 1.165) is 5.69 Å². The Hall–Kier alpha value is -3.22. The Bertz CT molecular complexity index is 611. The minimum absolute atomic E-state index is 0.548. The van der Waals surface area contributed by atoms with E-state index < -0.39 is 6.03 Å². The third-order valence-corrected chi connectivity index (χ3v) is 2.49. The number of rotatable bonds is 6. The van der Waals surface area contributed by atoms with E-state index in [-0.39, 0.29) is 0 Å². The van der Waals surface area contributed by atoms with Crippen LogP contribution < -0.4 is 26.6 Å². The van der Waals surface area contributed by atoms with Gasteiger partial charge in [-0.3, -0.25) is 15.6 Å². The van der Waals surface area contributed by atoms with E-state index in [9.17, 15) is 9.59 Å². The number of primary amides is 1. The topological polar surface area (TPSA) is 105 Å². The van der Waals surface area contributed by atoms with Gasteiger partial charge in [0, 0.05) is 5.69 Å². The number of nitrogens with two attached hydrogens (primary N) is 1. The lowest BCUT2D eigenvalue weighted by Crippen LogP contribution is -2.19. The first-order valence-electron chi connectivity index (χ1n) is 6.07. The average molecular weight is 286 g/mol. The predicted molar refractivity (Wildman–Crippen MR) is 79.0 cm³/mol. The highest BCUT2D eigenvalue weighted by atomic mass is 16.5. The molecule has 0 atom stereocenters. The minimum atomic E-state index is -0.615. The third-order valence-electron chi connectivity index (χ3n) is 2.49. The van der Waals surface area contributed by atoms with Crippen molar-refractivity contribution in [1.82, 2.24) is 5.43 Å². The smallest absolute Gasteiger partial charge is 0.316 e. The Morgan fingerprint density at radius 3 is 1.95 bits per heavy atom. The molecule has 0 fully saturated rings. The van der Waals surface area contributed by atoms with Crippen LogP contribution in [0.5, 0.6) is 11.5 Å². The SMILES string of the molecule is NC(=O)Nc1ccc(Oc2ccc(NNC=O)cc2)cc1. The van der Waals surface area contributed by atoms with Gasteiger partial charge in [-0.05, 0) is 48.5 Å². The van der Waals surface area contributed by atoms with Crippen LogP contribution in [0.2, 0.25) is 0 Å². The van der Waals surface area contributed by atoms with Crippen LogP contribution in [0.1, 0.15) is 0 Å². The second-order valence-corrected chi connectivity index (χ2v) is 4.03. The first kappa shape index (κ1) is 14.2. The van der Waals surface area contributed by atoms with Crippen LogP contribution in [0.4, 0.5) is 16.2 Å². The monoisotopic (exact) mass is 286 g/mol. The summed E-state index contributed by atoms with van der Waals surface area (Å²) in [6, 6.07) is 13.2. The lowest BCUT2D eigenvalue weighted by atomic mass is 10.3. The number of carbonyl (C=O) groups is 2. The summed E-state index contributed by atoms with van der Waals surface area (Å²) in [6.45, 7) is 0.